The van der Waals surface area contributed by atoms with E-state index in [-0.39, 0.29) is 17.9 Å². The topological polar surface area (TPSA) is 54.3 Å². The second-order valence-corrected chi connectivity index (χ2v) is 10.9. The van der Waals surface area contributed by atoms with Crippen LogP contribution < -0.4 is 10.2 Å². The van der Waals surface area contributed by atoms with Gasteiger partial charge in [-0.3, -0.25) is 14.5 Å². The van der Waals surface area contributed by atoms with E-state index >= 15 is 0 Å². The number of amides is 2. The number of carbonyl (C=O) groups is 2. The summed E-state index contributed by atoms with van der Waals surface area (Å²) in [5.74, 6) is 0.547. The minimum atomic E-state index is -1.01. The first kappa shape index (κ1) is 21.3. The van der Waals surface area contributed by atoms with Crippen molar-refractivity contribution in [2.24, 2.45) is 5.92 Å². The second-order valence-electron chi connectivity index (χ2n) is 9.92. The zero-order valence-electron chi connectivity index (χ0n) is 19.3. The van der Waals surface area contributed by atoms with Gasteiger partial charge in [0.15, 0.2) is 0 Å². The van der Waals surface area contributed by atoms with Crippen molar-refractivity contribution in [3.8, 4) is 0 Å². The molecule has 1 saturated carbocycles. The third-order valence-electron chi connectivity index (χ3n) is 7.34. The van der Waals surface area contributed by atoms with Gasteiger partial charge in [-0.2, -0.15) is 0 Å². The molecule has 0 bridgehead atoms. The highest BCUT2D eigenvalue weighted by molar-refractivity contribution is 7.17. The van der Waals surface area contributed by atoms with Gasteiger partial charge in [0.25, 0.3) is 5.91 Å². The molecule has 1 unspecified atom stereocenters. The van der Waals surface area contributed by atoms with E-state index in [1.54, 1.807) is 16.2 Å². The number of hydrogen-bond acceptors (Lipinski definition) is 3. The van der Waals surface area contributed by atoms with Crippen LogP contribution in [0.3, 0.4) is 0 Å². The summed E-state index contributed by atoms with van der Waals surface area (Å²) >= 11 is 1.63. The molecule has 5 nitrogen and oxygen atoms in total. The molecule has 1 fully saturated rings. The predicted octanol–water partition coefficient (Wildman–Crippen LogP) is 5.43. The Hall–Kier alpha value is -2.60. The highest BCUT2D eigenvalue weighted by Crippen LogP contribution is 2.39. The SMILES string of the molecule is Cc1ccc(N2C(=O)c3cc4sccc4n3CC2(C)C(=O)NC2CCC(C)CC2)c(C)c1. The molecule has 6 heteroatoms. The van der Waals surface area contributed by atoms with E-state index in [0.29, 0.717) is 12.2 Å². The Labute approximate surface area is 193 Å². The van der Waals surface area contributed by atoms with Gasteiger partial charge < -0.3 is 9.88 Å². The van der Waals surface area contributed by atoms with Crippen molar-refractivity contribution in [2.75, 3.05) is 4.90 Å². The maximum absolute atomic E-state index is 13.9. The third kappa shape index (κ3) is 3.36. The molecule has 1 atom stereocenters. The predicted molar refractivity (Wildman–Crippen MR) is 131 cm³/mol. The van der Waals surface area contributed by atoms with Crippen LogP contribution in [-0.2, 0) is 11.3 Å². The number of thiophene rings is 1. The number of rotatable bonds is 3. The first-order valence-corrected chi connectivity index (χ1v) is 12.5. The number of anilines is 1. The van der Waals surface area contributed by atoms with Crippen LogP contribution >= 0.6 is 11.3 Å². The fourth-order valence-corrected chi connectivity index (χ4v) is 6.21. The molecule has 2 aromatic heterocycles. The van der Waals surface area contributed by atoms with Crippen molar-refractivity contribution in [1.29, 1.82) is 0 Å². The largest absolute Gasteiger partial charge is 0.351 e. The lowest BCUT2D eigenvalue weighted by Crippen LogP contribution is -2.65. The summed E-state index contributed by atoms with van der Waals surface area (Å²) in [6.45, 7) is 8.70. The quantitative estimate of drug-likeness (QED) is 0.579. The number of aromatic nitrogens is 1. The molecular formula is C26H31N3O2S. The zero-order valence-corrected chi connectivity index (χ0v) is 20.1. The average Bonchev–Trinajstić information content (AvgIpc) is 3.34. The lowest BCUT2D eigenvalue weighted by Gasteiger charge is -2.45. The first-order chi connectivity index (χ1) is 15.3. The van der Waals surface area contributed by atoms with Gasteiger partial charge in [-0.05, 0) is 81.5 Å². The Morgan fingerprint density at radius 2 is 1.88 bits per heavy atom. The fourth-order valence-electron chi connectivity index (χ4n) is 5.39. The minimum absolute atomic E-state index is 0.0619. The molecule has 5 rings (SSSR count). The molecule has 3 aromatic rings. The number of aryl methyl sites for hydroxylation is 2. The number of hydrogen-bond donors (Lipinski definition) is 1. The summed E-state index contributed by atoms with van der Waals surface area (Å²) in [6.07, 6.45) is 4.28. The zero-order chi connectivity index (χ0) is 22.6. The van der Waals surface area contributed by atoms with Gasteiger partial charge in [0.05, 0.1) is 16.8 Å². The normalized spacial score (nSPS) is 25.8. The van der Waals surface area contributed by atoms with Crippen LogP contribution in [0.5, 0.6) is 0 Å². The number of carbonyl (C=O) groups excluding carboxylic acids is 2. The Balaban J connectivity index is 1.59. The molecule has 0 radical (unpaired) electrons. The van der Waals surface area contributed by atoms with Gasteiger partial charge in [0.1, 0.15) is 11.2 Å². The smallest absolute Gasteiger partial charge is 0.275 e. The maximum Gasteiger partial charge on any atom is 0.275 e. The number of benzene rings is 1. The van der Waals surface area contributed by atoms with Gasteiger partial charge in [-0.25, -0.2) is 0 Å². The van der Waals surface area contributed by atoms with E-state index in [1.165, 1.54) is 0 Å². The Morgan fingerprint density at radius 3 is 2.59 bits per heavy atom. The van der Waals surface area contributed by atoms with Crippen LogP contribution in [-0.4, -0.2) is 28.0 Å². The standard InChI is InChI=1S/C26H31N3O2S/c1-16-5-8-19(9-6-16)27-25(31)26(4)15-28-21-11-12-32-23(21)14-22(28)24(30)29(26)20-10-7-17(2)13-18(20)3/h7,10-14,16,19H,5-6,8-9,15H2,1-4H3,(H,27,31). The number of nitrogens with zero attached hydrogens (tertiary/aromatic N) is 2. The monoisotopic (exact) mass is 449 g/mol. The van der Waals surface area contributed by atoms with Gasteiger partial charge in [-0.1, -0.05) is 24.6 Å². The molecule has 0 saturated heterocycles. The van der Waals surface area contributed by atoms with Crippen molar-refractivity contribution >= 4 is 39.1 Å². The van der Waals surface area contributed by atoms with Crippen molar-refractivity contribution in [3.63, 3.8) is 0 Å². The summed E-state index contributed by atoms with van der Waals surface area (Å²) in [5, 5.41) is 5.36. The van der Waals surface area contributed by atoms with E-state index in [0.717, 1.165) is 58.6 Å². The molecule has 32 heavy (non-hydrogen) atoms. The fraction of sp³-hybridized carbons (Fsp3) is 0.462. The van der Waals surface area contributed by atoms with Crippen molar-refractivity contribution < 1.29 is 9.59 Å². The average molecular weight is 450 g/mol. The summed E-state index contributed by atoms with van der Waals surface area (Å²) < 4.78 is 3.12. The van der Waals surface area contributed by atoms with Gasteiger partial charge >= 0.3 is 0 Å². The molecule has 1 aromatic carbocycles. The van der Waals surface area contributed by atoms with Gasteiger partial charge in [0, 0.05) is 11.7 Å². The first-order valence-electron chi connectivity index (χ1n) is 11.6. The second kappa shape index (κ2) is 7.77. The van der Waals surface area contributed by atoms with Crippen LogP contribution in [0.15, 0.2) is 35.7 Å². The molecule has 2 aliphatic rings. The Morgan fingerprint density at radius 1 is 1.12 bits per heavy atom. The maximum atomic E-state index is 13.9. The Kier molecular flexibility index (Phi) is 5.16. The molecular weight excluding hydrogens is 418 g/mol. The van der Waals surface area contributed by atoms with Crippen molar-refractivity contribution in [1.82, 2.24) is 9.88 Å². The summed E-state index contributed by atoms with van der Waals surface area (Å²) in [6, 6.07) is 10.3. The van der Waals surface area contributed by atoms with E-state index in [1.807, 2.05) is 55.0 Å². The molecule has 1 N–H and O–H groups in total. The van der Waals surface area contributed by atoms with Crippen LogP contribution in [0.1, 0.15) is 61.1 Å². The van der Waals surface area contributed by atoms with E-state index in [4.69, 9.17) is 0 Å². The van der Waals surface area contributed by atoms with Crippen LogP contribution in [0.25, 0.3) is 10.2 Å². The molecule has 168 valence electrons. The van der Waals surface area contributed by atoms with Gasteiger partial charge in [0.2, 0.25) is 5.91 Å². The molecule has 3 heterocycles. The van der Waals surface area contributed by atoms with Crippen LogP contribution in [0, 0.1) is 19.8 Å². The molecule has 0 spiro atoms. The highest BCUT2D eigenvalue weighted by atomic mass is 32.1. The number of nitrogens with one attached hydrogen (secondary N) is 1. The molecule has 2 amide bonds. The van der Waals surface area contributed by atoms with Crippen molar-refractivity contribution in [2.45, 2.75) is 71.5 Å². The lowest BCUT2D eigenvalue weighted by molar-refractivity contribution is -0.127. The van der Waals surface area contributed by atoms with E-state index in [2.05, 4.69) is 18.3 Å². The number of fused-ring (bicyclic) bond motifs is 3. The summed E-state index contributed by atoms with van der Waals surface area (Å²) in [4.78, 5) is 29.5. The molecule has 1 aliphatic carbocycles. The summed E-state index contributed by atoms with van der Waals surface area (Å²) in [7, 11) is 0. The van der Waals surface area contributed by atoms with Crippen LogP contribution in [0.2, 0.25) is 0 Å². The minimum Gasteiger partial charge on any atom is -0.351 e. The Bertz CT molecular complexity index is 1200. The van der Waals surface area contributed by atoms with E-state index < -0.39 is 5.54 Å². The van der Waals surface area contributed by atoms with E-state index in [9.17, 15) is 9.59 Å². The third-order valence-corrected chi connectivity index (χ3v) is 8.19. The highest BCUT2D eigenvalue weighted by Gasteiger charge is 2.49. The summed E-state index contributed by atoms with van der Waals surface area (Å²) in [5.41, 5.74) is 3.63. The van der Waals surface area contributed by atoms with Crippen LogP contribution in [0.4, 0.5) is 5.69 Å². The lowest BCUT2D eigenvalue weighted by atomic mass is 9.86. The molecule has 1 aliphatic heterocycles. The van der Waals surface area contributed by atoms with Gasteiger partial charge in [-0.15, -0.1) is 11.3 Å². The van der Waals surface area contributed by atoms with Crippen molar-refractivity contribution in [3.05, 3.63) is 52.5 Å².